The standard InChI is InChI=1S/C29H46BN3O3/c31-20-21-6-5-7-23(18-21)22-12-16-33(17-13-22)28(34)24-10-14-29(25-8-3-1-2-4-9-25)15-11-27(30(35)36)32-26(29)19-24/h5-7,18,22,24-27,32,35-36H,1-4,8-17,19-20,31H2. The van der Waals surface area contributed by atoms with E-state index in [1.54, 1.807) is 0 Å². The summed E-state index contributed by atoms with van der Waals surface area (Å²) >= 11 is 0. The molecule has 1 aromatic carbocycles. The van der Waals surface area contributed by atoms with Gasteiger partial charge >= 0.3 is 7.12 Å². The quantitative estimate of drug-likeness (QED) is 0.369. The van der Waals surface area contributed by atoms with Crippen molar-refractivity contribution in [2.45, 2.75) is 108 Å². The van der Waals surface area contributed by atoms with Crippen molar-refractivity contribution in [3.8, 4) is 0 Å². The Bertz CT molecular complexity index is 882. The van der Waals surface area contributed by atoms with Gasteiger partial charge in [-0.05, 0) is 86.2 Å². The van der Waals surface area contributed by atoms with E-state index in [0.717, 1.165) is 58.0 Å². The van der Waals surface area contributed by atoms with Crippen LogP contribution in [0.25, 0.3) is 0 Å². The van der Waals surface area contributed by atoms with Crippen LogP contribution in [0, 0.1) is 17.3 Å². The molecule has 6 nitrogen and oxygen atoms in total. The highest BCUT2D eigenvalue weighted by Crippen LogP contribution is 2.54. The Morgan fingerprint density at radius 2 is 1.75 bits per heavy atom. The normalized spacial score (nSPS) is 32.5. The molecule has 36 heavy (non-hydrogen) atoms. The summed E-state index contributed by atoms with van der Waals surface area (Å²) in [7, 11) is -1.33. The first-order chi connectivity index (χ1) is 17.5. The Balaban J connectivity index is 1.24. The average molecular weight is 496 g/mol. The summed E-state index contributed by atoms with van der Waals surface area (Å²) in [6.45, 7) is 2.23. The predicted molar refractivity (Wildman–Crippen MR) is 144 cm³/mol. The third-order valence-electron chi connectivity index (χ3n) is 10.4. The van der Waals surface area contributed by atoms with Crippen LogP contribution in [0.4, 0.5) is 0 Å². The number of likely N-dealkylation sites (tertiary alicyclic amines) is 1. The zero-order chi connectivity index (χ0) is 25.1. The molecular formula is C29H46BN3O3. The summed E-state index contributed by atoms with van der Waals surface area (Å²) in [5, 5.41) is 23.6. The Kier molecular flexibility index (Phi) is 8.41. The van der Waals surface area contributed by atoms with Crippen molar-refractivity contribution < 1.29 is 14.8 Å². The van der Waals surface area contributed by atoms with Crippen LogP contribution in [0.15, 0.2) is 24.3 Å². The number of benzene rings is 1. The van der Waals surface area contributed by atoms with E-state index >= 15 is 0 Å². The van der Waals surface area contributed by atoms with Crippen LogP contribution >= 0.6 is 0 Å². The SMILES string of the molecule is NCc1cccc(C2CCN(C(=O)C3CCC4(C5CCCCCC5)CCC(B(O)O)NC4C3)CC2)c1. The predicted octanol–water partition coefficient (Wildman–Crippen LogP) is 3.74. The lowest BCUT2D eigenvalue weighted by atomic mass is 9.53. The number of fused-ring (bicyclic) bond motifs is 1. The molecular weight excluding hydrogens is 449 g/mol. The van der Waals surface area contributed by atoms with E-state index in [9.17, 15) is 14.8 Å². The van der Waals surface area contributed by atoms with Gasteiger partial charge in [0, 0.05) is 37.5 Å². The number of amides is 1. The minimum atomic E-state index is -1.33. The molecule has 4 fully saturated rings. The van der Waals surface area contributed by atoms with E-state index in [2.05, 4.69) is 34.5 Å². The Labute approximate surface area is 217 Å². The van der Waals surface area contributed by atoms with E-state index in [0.29, 0.717) is 24.3 Å². The molecule has 4 atom stereocenters. The second kappa shape index (κ2) is 11.5. The van der Waals surface area contributed by atoms with Gasteiger partial charge in [-0.2, -0.15) is 0 Å². The van der Waals surface area contributed by atoms with Crippen molar-refractivity contribution in [3.63, 3.8) is 0 Å². The lowest BCUT2D eigenvalue weighted by Crippen LogP contribution is -2.63. The third-order valence-corrected chi connectivity index (χ3v) is 10.4. The topological polar surface area (TPSA) is 98.8 Å². The molecule has 5 rings (SSSR count). The van der Waals surface area contributed by atoms with Crippen LogP contribution in [0.1, 0.15) is 101 Å². The van der Waals surface area contributed by atoms with Crippen molar-refractivity contribution in [2.24, 2.45) is 23.0 Å². The first kappa shape index (κ1) is 26.2. The molecule has 2 aliphatic heterocycles. The lowest BCUT2D eigenvalue weighted by molar-refractivity contribution is -0.140. The van der Waals surface area contributed by atoms with E-state index in [1.165, 1.54) is 49.7 Å². The number of nitrogens with two attached hydrogens (primary N) is 1. The van der Waals surface area contributed by atoms with Gasteiger partial charge in [0.05, 0.1) is 0 Å². The van der Waals surface area contributed by atoms with Gasteiger partial charge in [0.1, 0.15) is 0 Å². The van der Waals surface area contributed by atoms with Gasteiger partial charge in [0.2, 0.25) is 5.91 Å². The first-order valence-electron chi connectivity index (χ1n) is 14.7. The summed E-state index contributed by atoms with van der Waals surface area (Å²) < 4.78 is 0. The third kappa shape index (κ3) is 5.40. The fraction of sp³-hybridized carbons (Fsp3) is 0.759. The second-order valence-corrected chi connectivity index (χ2v) is 12.2. The molecule has 7 heteroatoms. The van der Waals surface area contributed by atoms with E-state index in [1.807, 2.05) is 0 Å². The highest BCUT2D eigenvalue weighted by atomic mass is 16.4. The van der Waals surface area contributed by atoms with E-state index in [4.69, 9.17) is 5.73 Å². The highest BCUT2D eigenvalue weighted by molar-refractivity contribution is 6.43. The summed E-state index contributed by atoms with van der Waals surface area (Å²) in [5.41, 5.74) is 8.59. The monoisotopic (exact) mass is 495 g/mol. The van der Waals surface area contributed by atoms with Crippen molar-refractivity contribution in [1.82, 2.24) is 10.2 Å². The molecule has 4 unspecified atom stereocenters. The molecule has 0 radical (unpaired) electrons. The molecule has 2 saturated carbocycles. The maximum atomic E-state index is 13.7. The van der Waals surface area contributed by atoms with Gasteiger partial charge in [-0.3, -0.25) is 4.79 Å². The number of nitrogens with zero attached hydrogens (tertiary/aromatic N) is 1. The minimum absolute atomic E-state index is 0.0492. The largest absolute Gasteiger partial charge is 0.469 e. The van der Waals surface area contributed by atoms with Crippen LogP contribution in [-0.2, 0) is 11.3 Å². The number of hydrogen-bond donors (Lipinski definition) is 4. The maximum Gasteiger partial charge on any atom is 0.469 e. The van der Waals surface area contributed by atoms with Gasteiger partial charge in [-0.1, -0.05) is 49.9 Å². The zero-order valence-electron chi connectivity index (χ0n) is 21.9. The van der Waals surface area contributed by atoms with Gasteiger partial charge in [0.15, 0.2) is 0 Å². The lowest BCUT2D eigenvalue weighted by Gasteiger charge is -2.56. The molecule has 5 N–H and O–H groups in total. The van der Waals surface area contributed by atoms with Crippen LogP contribution in [0.2, 0.25) is 0 Å². The van der Waals surface area contributed by atoms with Crippen molar-refractivity contribution in [2.75, 3.05) is 13.1 Å². The molecule has 2 saturated heterocycles. The van der Waals surface area contributed by atoms with Crippen molar-refractivity contribution in [1.29, 1.82) is 0 Å². The highest BCUT2D eigenvalue weighted by Gasteiger charge is 2.53. The number of rotatable bonds is 5. The number of carbonyl (C=O) groups excluding carboxylic acids is 1. The van der Waals surface area contributed by atoms with E-state index < -0.39 is 7.12 Å². The molecule has 0 bridgehead atoms. The number of hydrogen-bond acceptors (Lipinski definition) is 5. The number of piperidine rings is 2. The van der Waals surface area contributed by atoms with Gasteiger partial charge < -0.3 is 26.0 Å². The Morgan fingerprint density at radius 3 is 2.44 bits per heavy atom. The molecule has 198 valence electrons. The summed E-state index contributed by atoms with van der Waals surface area (Å²) in [4.78, 5) is 15.8. The average Bonchev–Trinajstić information content (AvgIpc) is 3.22. The summed E-state index contributed by atoms with van der Waals surface area (Å²) in [6.07, 6.45) is 14.7. The van der Waals surface area contributed by atoms with Crippen LogP contribution < -0.4 is 11.1 Å². The van der Waals surface area contributed by atoms with E-state index in [-0.39, 0.29) is 23.3 Å². The fourth-order valence-electron chi connectivity index (χ4n) is 8.23. The Hall–Kier alpha value is -1.41. The molecule has 0 spiro atoms. The first-order valence-corrected chi connectivity index (χ1v) is 14.7. The molecule has 1 amide bonds. The van der Waals surface area contributed by atoms with Gasteiger partial charge in [0.25, 0.3) is 0 Å². The second-order valence-electron chi connectivity index (χ2n) is 12.2. The molecule has 4 aliphatic rings. The number of nitrogens with one attached hydrogen (secondary N) is 1. The smallest absolute Gasteiger partial charge is 0.426 e. The molecule has 0 aromatic heterocycles. The van der Waals surface area contributed by atoms with Crippen LogP contribution in [0.3, 0.4) is 0 Å². The maximum absolute atomic E-state index is 13.7. The summed E-state index contributed by atoms with van der Waals surface area (Å²) in [5.74, 6) is 1.30. The van der Waals surface area contributed by atoms with Gasteiger partial charge in [-0.25, -0.2) is 0 Å². The summed E-state index contributed by atoms with van der Waals surface area (Å²) in [6, 6.07) is 8.83. The number of carbonyl (C=O) groups is 1. The Morgan fingerprint density at radius 1 is 1.03 bits per heavy atom. The molecule has 2 aliphatic carbocycles. The van der Waals surface area contributed by atoms with Crippen LogP contribution in [-0.4, -0.2) is 53.0 Å². The minimum Gasteiger partial charge on any atom is -0.426 e. The van der Waals surface area contributed by atoms with Crippen molar-refractivity contribution >= 4 is 13.0 Å². The van der Waals surface area contributed by atoms with Gasteiger partial charge in [-0.15, -0.1) is 0 Å². The van der Waals surface area contributed by atoms with Crippen LogP contribution in [0.5, 0.6) is 0 Å². The molecule has 2 heterocycles. The fourth-order valence-corrected chi connectivity index (χ4v) is 8.23. The van der Waals surface area contributed by atoms with Crippen molar-refractivity contribution in [3.05, 3.63) is 35.4 Å². The zero-order valence-corrected chi connectivity index (χ0v) is 21.9. The molecule has 1 aromatic rings.